The third-order valence-corrected chi connectivity index (χ3v) is 1.11. The number of hydrogen-bond donors (Lipinski definition) is 0. The van der Waals surface area contributed by atoms with Crippen LogP contribution in [0.2, 0.25) is 0 Å². The Labute approximate surface area is 75.8 Å². The molecule has 0 fully saturated rings. The van der Waals surface area contributed by atoms with Crippen LogP contribution in [0.3, 0.4) is 0 Å². The minimum absolute atomic E-state index is 0.928. The van der Waals surface area contributed by atoms with Crippen molar-refractivity contribution in [1.29, 1.82) is 0 Å². The third kappa shape index (κ3) is 8.68. The molecule has 62 valence electrons. The van der Waals surface area contributed by atoms with E-state index in [2.05, 4.69) is 49.4 Å². The number of unbranched alkanes of at least 4 members (excludes halogenated alkanes) is 2. The van der Waals surface area contributed by atoms with Crippen LogP contribution in [0.25, 0.3) is 0 Å². The molecule has 0 unspecified atom stereocenters. The van der Waals surface area contributed by atoms with Crippen LogP contribution in [-0.2, 0) is 0 Å². The molecular weight excluding hydrogens is 144 g/mol. The Morgan fingerprint density at radius 1 is 0.667 bits per heavy atom. The summed E-state index contributed by atoms with van der Waals surface area (Å²) in [7, 11) is 0. The van der Waals surface area contributed by atoms with Gasteiger partial charge in [-0.3, -0.25) is 0 Å². The van der Waals surface area contributed by atoms with Crippen molar-refractivity contribution in [3.8, 4) is 35.5 Å². The summed E-state index contributed by atoms with van der Waals surface area (Å²) in [4.78, 5) is 0. The molecule has 0 aliphatic rings. The van der Waals surface area contributed by atoms with Gasteiger partial charge in [0.05, 0.1) is 0 Å². The molecule has 0 spiro atoms. The van der Waals surface area contributed by atoms with Gasteiger partial charge in [-0.25, -0.2) is 0 Å². The van der Waals surface area contributed by atoms with E-state index >= 15 is 0 Å². The fraction of sp³-hybridized carbons (Fsp3) is 0.500. The summed E-state index contributed by atoms with van der Waals surface area (Å²) in [5.41, 5.74) is 0. The first-order valence-electron chi connectivity index (χ1n) is 4.37. The van der Waals surface area contributed by atoms with Crippen molar-refractivity contribution in [2.24, 2.45) is 0 Å². The van der Waals surface area contributed by atoms with Gasteiger partial charge in [0.15, 0.2) is 0 Å². The molecule has 0 heteroatoms. The van der Waals surface area contributed by atoms with Crippen LogP contribution in [0.5, 0.6) is 0 Å². The van der Waals surface area contributed by atoms with Crippen LogP contribution in [0.1, 0.15) is 39.5 Å². The third-order valence-electron chi connectivity index (χ3n) is 1.11. The van der Waals surface area contributed by atoms with Crippen LogP contribution in [0.15, 0.2) is 0 Å². The minimum atomic E-state index is 0.928. The Hall–Kier alpha value is -1.32. The zero-order valence-corrected chi connectivity index (χ0v) is 7.83. The molecule has 0 rings (SSSR count). The first kappa shape index (κ1) is 10.7. The molecule has 0 bridgehead atoms. The molecule has 0 amide bonds. The SMILES string of the molecule is CCCC#CC#CC#CCCC. The molecule has 12 heavy (non-hydrogen) atoms. The monoisotopic (exact) mass is 158 g/mol. The van der Waals surface area contributed by atoms with E-state index < -0.39 is 0 Å². The van der Waals surface area contributed by atoms with Crippen molar-refractivity contribution in [3.05, 3.63) is 0 Å². The Morgan fingerprint density at radius 2 is 1.08 bits per heavy atom. The van der Waals surface area contributed by atoms with Crippen LogP contribution < -0.4 is 0 Å². The van der Waals surface area contributed by atoms with Gasteiger partial charge in [0.25, 0.3) is 0 Å². The van der Waals surface area contributed by atoms with E-state index in [4.69, 9.17) is 0 Å². The maximum atomic E-state index is 2.93. The van der Waals surface area contributed by atoms with E-state index in [0.717, 1.165) is 25.7 Å². The smallest absolute Gasteiger partial charge is 0.00963 e. The first-order chi connectivity index (χ1) is 5.91. The second kappa shape index (κ2) is 9.68. The maximum absolute atomic E-state index is 2.93. The van der Waals surface area contributed by atoms with Crippen molar-refractivity contribution >= 4 is 0 Å². The molecule has 0 aromatic rings. The lowest BCUT2D eigenvalue weighted by Crippen LogP contribution is -1.61. The molecule has 0 nitrogen and oxygen atoms in total. The summed E-state index contributed by atoms with van der Waals surface area (Å²) in [5, 5.41) is 0. The normalized spacial score (nSPS) is 6.50. The van der Waals surface area contributed by atoms with Crippen LogP contribution >= 0.6 is 0 Å². The van der Waals surface area contributed by atoms with Gasteiger partial charge in [0, 0.05) is 12.8 Å². The van der Waals surface area contributed by atoms with Gasteiger partial charge in [-0.15, -0.1) is 0 Å². The average Bonchev–Trinajstić information content (AvgIpc) is 2.10. The zero-order chi connectivity index (χ0) is 9.07. The van der Waals surface area contributed by atoms with Crippen LogP contribution in [0.4, 0.5) is 0 Å². The van der Waals surface area contributed by atoms with Gasteiger partial charge in [-0.05, 0) is 36.5 Å². The average molecular weight is 158 g/mol. The molecule has 0 aliphatic carbocycles. The molecule has 0 N–H and O–H groups in total. The number of rotatable bonds is 2. The summed E-state index contributed by atoms with van der Waals surface area (Å²) < 4.78 is 0. The van der Waals surface area contributed by atoms with Crippen molar-refractivity contribution < 1.29 is 0 Å². The van der Waals surface area contributed by atoms with Gasteiger partial charge in [0.1, 0.15) is 0 Å². The molecular formula is C12H14. The highest BCUT2D eigenvalue weighted by Crippen LogP contribution is 1.80. The van der Waals surface area contributed by atoms with Crippen LogP contribution in [0, 0.1) is 35.5 Å². The largest absolute Gasteiger partial charge is 0.0891 e. The first-order valence-corrected chi connectivity index (χ1v) is 4.37. The van der Waals surface area contributed by atoms with E-state index in [1.807, 2.05) is 0 Å². The molecule has 0 aromatic heterocycles. The van der Waals surface area contributed by atoms with Gasteiger partial charge < -0.3 is 0 Å². The standard InChI is InChI=1S/C12H14/c1-3-5-7-9-11-12-10-8-6-4-2/h3-6H2,1-2H3. The highest BCUT2D eigenvalue weighted by atomic mass is 13.7. The van der Waals surface area contributed by atoms with Gasteiger partial charge >= 0.3 is 0 Å². The van der Waals surface area contributed by atoms with E-state index in [1.165, 1.54) is 0 Å². The molecule has 0 aliphatic heterocycles. The highest BCUT2D eigenvalue weighted by molar-refractivity contribution is 5.35. The lowest BCUT2D eigenvalue weighted by atomic mass is 10.3. The quantitative estimate of drug-likeness (QED) is 0.542. The second-order valence-corrected chi connectivity index (χ2v) is 2.35. The Morgan fingerprint density at radius 3 is 1.42 bits per heavy atom. The van der Waals surface area contributed by atoms with Gasteiger partial charge in [-0.2, -0.15) is 0 Å². The Balaban J connectivity index is 3.63. The molecule has 0 atom stereocenters. The summed E-state index contributed by atoms with van der Waals surface area (Å²) in [6, 6.07) is 0. The zero-order valence-electron chi connectivity index (χ0n) is 7.83. The molecule has 0 heterocycles. The summed E-state index contributed by atoms with van der Waals surface area (Å²) in [6.45, 7) is 4.20. The van der Waals surface area contributed by atoms with E-state index in [1.54, 1.807) is 0 Å². The summed E-state index contributed by atoms with van der Waals surface area (Å²) in [6.07, 6.45) is 4.04. The molecule has 0 radical (unpaired) electrons. The van der Waals surface area contributed by atoms with Gasteiger partial charge in [0.2, 0.25) is 0 Å². The predicted molar refractivity (Wildman–Crippen MR) is 53.1 cm³/mol. The van der Waals surface area contributed by atoms with E-state index in [9.17, 15) is 0 Å². The maximum Gasteiger partial charge on any atom is 0.00963 e. The van der Waals surface area contributed by atoms with Gasteiger partial charge in [-0.1, -0.05) is 25.7 Å². The minimum Gasteiger partial charge on any atom is -0.0891 e. The number of hydrogen-bond acceptors (Lipinski definition) is 0. The van der Waals surface area contributed by atoms with Crippen LogP contribution in [-0.4, -0.2) is 0 Å². The topological polar surface area (TPSA) is 0 Å². The lowest BCUT2D eigenvalue weighted by Gasteiger charge is -1.72. The Bertz CT molecular complexity index is 236. The van der Waals surface area contributed by atoms with Crippen molar-refractivity contribution in [2.45, 2.75) is 39.5 Å². The fourth-order valence-corrected chi connectivity index (χ4v) is 0.526. The van der Waals surface area contributed by atoms with Crippen molar-refractivity contribution in [2.75, 3.05) is 0 Å². The molecule has 0 aromatic carbocycles. The highest BCUT2D eigenvalue weighted by Gasteiger charge is 1.67. The molecule has 0 saturated carbocycles. The van der Waals surface area contributed by atoms with E-state index in [0.29, 0.717) is 0 Å². The summed E-state index contributed by atoms with van der Waals surface area (Å²) >= 11 is 0. The second-order valence-electron chi connectivity index (χ2n) is 2.35. The van der Waals surface area contributed by atoms with Crippen molar-refractivity contribution in [1.82, 2.24) is 0 Å². The fourth-order valence-electron chi connectivity index (χ4n) is 0.526. The lowest BCUT2D eigenvalue weighted by molar-refractivity contribution is 0.983. The summed E-state index contributed by atoms with van der Waals surface area (Å²) in [5.74, 6) is 16.8. The molecule has 0 saturated heterocycles. The van der Waals surface area contributed by atoms with Crippen molar-refractivity contribution in [3.63, 3.8) is 0 Å². The predicted octanol–water partition coefficient (Wildman–Crippen LogP) is 2.60. The Kier molecular flexibility index (Phi) is 8.62. The van der Waals surface area contributed by atoms with E-state index in [-0.39, 0.29) is 0 Å².